The van der Waals surface area contributed by atoms with Crippen LogP contribution in [-0.2, 0) is 9.53 Å². The number of hydrogen-bond acceptors (Lipinski definition) is 4. The molecule has 0 amide bonds. The molecule has 1 saturated carbocycles. The van der Waals surface area contributed by atoms with Crippen molar-refractivity contribution in [3.05, 3.63) is 116 Å². The molecule has 1 saturated heterocycles. The van der Waals surface area contributed by atoms with Gasteiger partial charge in [-0.25, -0.2) is 0 Å². The van der Waals surface area contributed by atoms with Gasteiger partial charge in [-0.1, -0.05) is 84.2 Å². The number of rotatable bonds is 6. The first-order valence-electron chi connectivity index (χ1n) is 12.1. The van der Waals surface area contributed by atoms with Crippen LogP contribution in [0.4, 0.5) is 0 Å². The highest BCUT2D eigenvalue weighted by Crippen LogP contribution is 2.46. The maximum absolute atomic E-state index is 13.3. The van der Waals surface area contributed by atoms with Crippen LogP contribution in [0.1, 0.15) is 42.4 Å². The summed E-state index contributed by atoms with van der Waals surface area (Å²) >= 11 is 16.1. The molecule has 3 aromatic carbocycles. The maximum atomic E-state index is 13.3. The summed E-state index contributed by atoms with van der Waals surface area (Å²) in [5.74, 6) is 2.52. The van der Waals surface area contributed by atoms with E-state index < -0.39 is 0 Å². The Balaban J connectivity index is 1.80. The van der Waals surface area contributed by atoms with Crippen LogP contribution in [-0.4, -0.2) is 17.5 Å². The first-order valence-corrected chi connectivity index (χ1v) is 14.9. The number of esters is 1. The van der Waals surface area contributed by atoms with E-state index in [0.29, 0.717) is 15.8 Å². The van der Waals surface area contributed by atoms with Gasteiger partial charge in [-0.15, -0.1) is 23.5 Å². The fraction of sp³-hybridized carbons (Fsp3) is 0.233. The molecular weight excluding hydrogens is 527 g/mol. The third-order valence-electron chi connectivity index (χ3n) is 6.39. The molecule has 0 unspecified atom stereocenters. The van der Waals surface area contributed by atoms with Gasteiger partial charge in [0.2, 0.25) is 0 Å². The zero-order valence-electron chi connectivity index (χ0n) is 19.7. The van der Waals surface area contributed by atoms with Gasteiger partial charge in [0, 0.05) is 21.2 Å². The quantitative estimate of drug-likeness (QED) is 0.173. The molecule has 3 aromatic rings. The van der Waals surface area contributed by atoms with E-state index in [1.54, 1.807) is 23.5 Å². The standard InChI is InChI=1S/C30H26Cl2O2S2/c31-24-14-10-21(11-15-24)26(22-12-16-25(32)17-13-22)27(20-6-2-1-3-7-20)28(30-35-18-5-19-36-30)34-29(33)23-8-4-9-23/h1-3,6-7,10-17,23H,4-5,8-9,18-19H2. The summed E-state index contributed by atoms with van der Waals surface area (Å²) in [5, 5.41) is 1.34. The molecule has 0 spiro atoms. The fourth-order valence-corrected chi connectivity index (χ4v) is 7.03. The molecule has 184 valence electrons. The van der Waals surface area contributed by atoms with Crippen molar-refractivity contribution >= 4 is 63.8 Å². The van der Waals surface area contributed by atoms with Crippen molar-refractivity contribution in [2.45, 2.75) is 25.7 Å². The summed E-state index contributed by atoms with van der Waals surface area (Å²) in [6.07, 6.45) is 4.01. The fourth-order valence-electron chi connectivity index (χ4n) is 4.27. The van der Waals surface area contributed by atoms with Crippen molar-refractivity contribution < 1.29 is 9.53 Å². The van der Waals surface area contributed by atoms with Crippen LogP contribution in [0, 0.1) is 5.92 Å². The number of thioether (sulfide) groups is 2. The molecular formula is C30H26Cl2O2S2. The average Bonchev–Trinajstić information content (AvgIpc) is 2.88. The number of carbonyl (C=O) groups is 1. The molecule has 0 N–H and O–H groups in total. The van der Waals surface area contributed by atoms with Gasteiger partial charge in [0.15, 0.2) is 5.76 Å². The van der Waals surface area contributed by atoms with Crippen LogP contribution >= 0.6 is 46.7 Å². The molecule has 1 aliphatic carbocycles. The van der Waals surface area contributed by atoms with Gasteiger partial charge in [0.25, 0.3) is 0 Å². The van der Waals surface area contributed by atoms with Crippen LogP contribution < -0.4 is 0 Å². The first-order chi connectivity index (χ1) is 17.6. The second-order valence-electron chi connectivity index (χ2n) is 8.85. The van der Waals surface area contributed by atoms with Crippen LogP contribution in [0.3, 0.4) is 0 Å². The van der Waals surface area contributed by atoms with E-state index >= 15 is 0 Å². The summed E-state index contributed by atoms with van der Waals surface area (Å²) in [7, 11) is 0. The van der Waals surface area contributed by atoms with Crippen LogP contribution in [0.25, 0.3) is 11.1 Å². The van der Waals surface area contributed by atoms with E-state index in [4.69, 9.17) is 27.9 Å². The first kappa shape index (κ1) is 25.5. The van der Waals surface area contributed by atoms with Crippen molar-refractivity contribution in [3.8, 4) is 0 Å². The molecule has 2 nitrogen and oxygen atoms in total. The van der Waals surface area contributed by atoms with E-state index in [1.807, 2.05) is 66.7 Å². The molecule has 0 atom stereocenters. The molecule has 1 heterocycles. The Bertz CT molecular complexity index is 1220. The number of benzene rings is 3. The predicted octanol–water partition coefficient (Wildman–Crippen LogP) is 9.33. The van der Waals surface area contributed by atoms with Gasteiger partial charge in [0.05, 0.1) is 10.2 Å². The van der Waals surface area contributed by atoms with E-state index in [1.165, 1.54) is 0 Å². The Morgan fingerprint density at radius 1 is 0.722 bits per heavy atom. The highest BCUT2D eigenvalue weighted by molar-refractivity contribution is 8.22. The van der Waals surface area contributed by atoms with Gasteiger partial charge < -0.3 is 4.74 Å². The van der Waals surface area contributed by atoms with Crippen molar-refractivity contribution in [2.24, 2.45) is 5.92 Å². The molecule has 0 aromatic heterocycles. The minimum Gasteiger partial charge on any atom is -0.424 e. The number of hydrogen-bond donors (Lipinski definition) is 0. The molecule has 36 heavy (non-hydrogen) atoms. The summed E-state index contributed by atoms with van der Waals surface area (Å²) in [5.41, 5.74) is 4.86. The lowest BCUT2D eigenvalue weighted by Crippen LogP contribution is -2.24. The van der Waals surface area contributed by atoms with Gasteiger partial charge >= 0.3 is 5.97 Å². The number of ether oxygens (including phenoxy) is 1. The third kappa shape index (κ3) is 5.89. The molecule has 0 bridgehead atoms. The lowest BCUT2D eigenvalue weighted by Gasteiger charge is -2.27. The lowest BCUT2D eigenvalue weighted by molar-refractivity contribution is -0.146. The molecule has 1 aliphatic heterocycles. The monoisotopic (exact) mass is 552 g/mol. The Hall–Kier alpha value is -2.11. The van der Waals surface area contributed by atoms with Gasteiger partial charge in [-0.3, -0.25) is 4.79 Å². The van der Waals surface area contributed by atoms with E-state index in [0.717, 1.165) is 69.3 Å². The highest BCUT2D eigenvalue weighted by Gasteiger charge is 2.31. The Labute approximate surface area is 231 Å². The van der Waals surface area contributed by atoms with E-state index in [-0.39, 0.29) is 11.9 Å². The SMILES string of the molecule is O=C(OC(=C1SCCCS1)C(=C(c1ccc(Cl)cc1)c1ccc(Cl)cc1)c1ccccc1)C1CCC1. The minimum absolute atomic E-state index is 0.0225. The zero-order valence-corrected chi connectivity index (χ0v) is 22.9. The molecule has 2 aliphatic rings. The molecule has 2 fully saturated rings. The topological polar surface area (TPSA) is 26.3 Å². The van der Waals surface area contributed by atoms with Crippen molar-refractivity contribution in [1.82, 2.24) is 0 Å². The second-order valence-corrected chi connectivity index (χ2v) is 12.2. The van der Waals surface area contributed by atoms with Crippen molar-refractivity contribution in [2.75, 3.05) is 11.5 Å². The smallest absolute Gasteiger partial charge is 0.314 e. The van der Waals surface area contributed by atoms with Crippen molar-refractivity contribution in [3.63, 3.8) is 0 Å². The average molecular weight is 554 g/mol. The Morgan fingerprint density at radius 3 is 1.78 bits per heavy atom. The Morgan fingerprint density at radius 2 is 1.28 bits per heavy atom. The number of allylic oxidation sites excluding steroid dienone is 1. The van der Waals surface area contributed by atoms with E-state index in [9.17, 15) is 4.79 Å². The maximum Gasteiger partial charge on any atom is 0.314 e. The number of carbonyl (C=O) groups excluding carboxylic acids is 1. The van der Waals surface area contributed by atoms with Crippen LogP contribution in [0.15, 0.2) is 88.9 Å². The van der Waals surface area contributed by atoms with Gasteiger partial charge in [0.1, 0.15) is 0 Å². The van der Waals surface area contributed by atoms with Crippen molar-refractivity contribution in [1.29, 1.82) is 0 Å². The lowest BCUT2D eigenvalue weighted by atomic mass is 9.85. The van der Waals surface area contributed by atoms with Gasteiger partial charge in [-0.2, -0.15) is 0 Å². The number of halogens is 2. The molecule has 0 radical (unpaired) electrons. The normalized spacial score (nSPS) is 15.7. The third-order valence-corrected chi connectivity index (χ3v) is 9.48. The minimum atomic E-state index is -0.129. The Kier molecular flexibility index (Phi) is 8.48. The predicted molar refractivity (Wildman–Crippen MR) is 155 cm³/mol. The summed E-state index contributed by atoms with van der Waals surface area (Å²) in [6, 6.07) is 25.9. The summed E-state index contributed by atoms with van der Waals surface area (Å²) in [4.78, 5) is 13.3. The largest absolute Gasteiger partial charge is 0.424 e. The molecule has 6 heteroatoms. The van der Waals surface area contributed by atoms with Gasteiger partial charge in [-0.05, 0) is 71.7 Å². The van der Waals surface area contributed by atoms with Crippen LogP contribution in [0.2, 0.25) is 10.0 Å². The summed E-state index contributed by atoms with van der Waals surface area (Å²) < 4.78 is 7.43. The van der Waals surface area contributed by atoms with Crippen LogP contribution in [0.5, 0.6) is 0 Å². The molecule has 5 rings (SSSR count). The highest BCUT2D eigenvalue weighted by atomic mass is 35.5. The summed E-state index contributed by atoms with van der Waals surface area (Å²) in [6.45, 7) is 0. The van der Waals surface area contributed by atoms with E-state index in [2.05, 4.69) is 12.1 Å². The second kappa shape index (κ2) is 12.0. The zero-order chi connectivity index (χ0) is 24.9.